The Morgan fingerprint density at radius 3 is 2.56 bits per heavy atom. The van der Waals surface area contributed by atoms with E-state index in [4.69, 9.17) is 11.6 Å². The highest BCUT2D eigenvalue weighted by Gasteiger charge is 2.42. The number of pyridine rings is 1. The molecule has 1 aromatic carbocycles. The molecule has 188 valence electrons. The summed E-state index contributed by atoms with van der Waals surface area (Å²) in [6.45, 7) is 4.61. The fraction of sp³-hybridized carbons (Fsp3) is 0.440. The van der Waals surface area contributed by atoms with Crippen molar-refractivity contribution in [1.82, 2.24) is 24.6 Å². The van der Waals surface area contributed by atoms with Crippen molar-refractivity contribution in [2.24, 2.45) is 0 Å². The third kappa shape index (κ3) is 4.53. The monoisotopic (exact) mass is 515 g/mol. The van der Waals surface area contributed by atoms with Crippen LogP contribution in [0.1, 0.15) is 54.2 Å². The SMILES string of the molecule is Cc1ccc(N2CCC(c3nnc4n3-c3ccc(Cl)cc3CN(C(C)C(F)(F)F)C4)CC2)nc1C#N. The van der Waals surface area contributed by atoms with E-state index >= 15 is 0 Å². The van der Waals surface area contributed by atoms with Gasteiger partial charge < -0.3 is 4.90 Å². The summed E-state index contributed by atoms with van der Waals surface area (Å²) in [7, 11) is 0. The standard InChI is InChI=1S/C25H25ClF3N7/c1-15-3-6-22(31-20(15)12-30)34-9-7-17(8-10-34)24-33-32-23-14-35(16(2)25(27,28)29)13-18-11-19(26)4-5-21(18)36(23)24/h3-6,11,16-17H,7-10,13-14H2,1-2H3. The molecule has 0 N–H and O–H groups in total. The lowest BCUT2D eigenvalue weighted by Gasteiger charge is -2.32. The van der Waals surface area contributed by atoms with Crippen LogP contribution >= 0.6 is 11.6 Å². The highest BCUT2D eigenvalue weighted by molar-refractivity contribution is 6.30. The molecule has 2 aliphatic heterocycles. The lowest BCUT2D eigenvalue weighted by atomic mass is 9.95. The molecule has 3 aromatic rings. The summed E-state index contributed by atoms with van der Waals surface area (Å²) >= 11 is 6.23. The molecule has 0 spiro atoms. The van der Waals surface area contributed by atoms with Crippen LogP contribution in [0.15, 0.2) is 30.3 Å². The summed E-state index contributed by atoms with van der Waals surface area (Å²) in [4.78, 5) is 8.00. The Morgan fingerprint density at radius 1 is 1.11 bits per heavy atom. The first-order chi connectivity index (χ1) is 17.2. The van der Waals surface area contributed by atoms with Crippen molar-refractivity contribution in [3.63, 3.8) is 0 Å². The molecular weight excluding hydrogens is 491 g/mol. The largest absolute Gasteiger partial charge is 0.403 e. The van der Waals surface area contributed by atoms with Gasteiger partial charge in [0.1, 0.15) is 29.4 Å². The number of aryl methyl sites for hydroxylation is 1. The fourth-order valence-electron chi connectivity index (χ4n) is 4.97. The van der Waals surface area contributed by atoms with E-state index in [1.165, 1.54) is 11.8 Å². The van der Waals surface area contributed by atoms with Gasteiger partial charge in [0.05, 0.1) is 12.2 Å². The molecule has 0 radical (unpaired) electrons. The lowest BCUT2D eigenvalue weighted by molar-refractivity contribution is -0.182. The molecule has 5 rings (SSSR count). The van der Waals surface area contributed by atoms with E-state index in [0.717, 1.165) is 48.8 Å². The van der Waals surface area contributed by atoms with E-state index in [-0.39, 0.29) is 19.0 Å². The van der Waals surface area contributed by atoms with Crippen LogP contribution in [0.25, 0.3) is 5.69 Å². The molecule has 0 amide bonds. The summed E-state index contributed by atoms with van der Waals surface area (Å²) in [5, 5.41) is 18.6. The maximum Gasteiger partial charge on any atom is 0.403 e. The molecule has 4 heterocycles. The zero-order valence-corrected chi connectivity index (χ0v) is 20.7. The molecule has 7 nitrogen and oxygen atoms in total. The molecule has 1 atom stereocenters. The number of alkyl halides is 3. The third-order valence-electron chi connectivity index (χ3n) is 7.15. The van der Waals surface area contributed by atoms with Gasteiger partial charge in [0.2, 0.25) is 0 Å². The number of nitrogens with zero attached hydrogens (tertiary/aromatic N) is 7. The first-order valence-corrected chi connectivity index (χ1v) is 12.2. The Labute approximate surface area is 212 Å². The molecule has 11 heteroatoms. The van der Waals surface area contributed by atoms with Crippen molar-refractivity contribution in [2.75, 3.05) is 18.0 Å². The van der Waals surface area contributed by atoms with Crippen molar-refractivity contribution in [3.8, 4) is 11.8 Å². The minimum Gasteiger partial charge on any atom is -0.357 e. The lowest BCUT2D eigenvalue weighted by Crippen LogP contribution is -2.42. The van der Waals surface area contributed by atoms with Gasteiger partial charge >= 0.3 is 6.18 Å². The van der Waals surface area contributed by atoms with Gasteiger partial charge in [-0.1, -0.05) is 17.7 Å². The van der Waals surface area contributed by atoms with Gasteiger partial charge in [0, 0.05) is 30.6 Å². The third-order valence-corrected chi connectivity index (χ3v) is 7.38. The van der Waals surface area contributed by atoms with Crippen LogP contribution in [0.3, 0.4) is 0 Å². The van der Waals surface area contributed by atoms with E-state index in [0.29, 0.717) is 22.1 Å². The van der Waals surface area contributed by atoms with Gasteiger partial charge in [-0.3, -0.25) is 9.47 Å². The number of aromatic nitrogens is 4. The number of piperidine rings is 1. The smallest absolute Gasteiger partial charge is 0.357 e. The van der Waals surface area contributed by atoms with Crippen LogP contribution in [0.4, 0.5) is 19.0 Å². The van der Waals surface area contributed by atoms with Crippen LogP contribution < -0.4 is 4.90 Å². The van der Waals surface area contributed by atoms with Crippen molar-refractivity contribution in [3.05, 3.63) is 63.8 Å². The number of anilines is 1. The van der Waals surface area contributed by atoms with Gasteiger partial charge in [-0.25, -0.2) is 4.98 Å². The number of hydrogen-bond donors (Lipinski definition) is 0. The van der Waals surface area contributed by atoms with Crippen LogP contribution in [-0.4, -0.2) is 50.0 Å². The second-order valence-corrected chi connectivity index (χ2v) is 9.85. The Balaban J connectivity index is 1.44. The molecule has 1 saturated heterocycles. The van der Waals surface area contributed by atoms with E-state index in [1.807, 2.05) is 29.7 Å². The number of nitriles is 1. The van der Waals surface area contributed by atoms with E-state index < -0.39 is 12.2 Å². The number of fused-ring (bicyclic) bond motifs is 3. The van der Waals surface area contributed by atoms with Gasteiger partial charge in [-0.15, -0.1) is 10.2 Å². The minimum absolute atomic E-state index is 0.0308. The molecule has 2 aromatic heterocycles. The predicted octanol–water partition coefficient (Wildman–Crippen LogP) is 5.15. The molecule has 2 aliphatic rings. The Kier molecular flexibility index (Phi) is 6.39. The second kappa shape index (κ2) is 9.37. The van der Waals surface area contributed by atoms with Gasteiger partial charge in [-0.2, -0.15) is 18.4 Å². The maximum atomic E-state index is 13.6. The van der Waals surface area contributed by atoms with Crippen LogP contribution in [0.5, 0.6) is 0 Å². The summed E-state index contributed by atoms with van der Waals surface area (Å²) in [6.07, 6.45) is -2.80. The zero-order valence-electron chi connectivity index (χ0n) is 19.9. The molecule has 1 fully saturated rings. The average Bonchev–Trinajstić information content (AvgIpc) is 3.19. The normalized spacial score (nSPS) is 17.8. The van der Waals surface area contributed by atoms with Crippen molar-refractivity contribution in [1.29, 1.82) is 5.26 Å². The number of benzene rings is 1. The summed E-state index contributed by atoms with van der Waals surface area (Å²) in [6, 6.07) is 9.64. The molecule has 1 unspecified atom stereocenters. The molecule has 36 heavy (non-hydrogen) atoms. The first-order valence-electron chi connectivity index (χ1n) is 11.8. The van der Waals surface area contributed by atoms with Crippen molar-refractivity contribution < 1.29 is 13.2 Å². The number of halogens is 4. The molecule has 0 bridgehead atoms. The van der Waals surface area contributed by atoms with Gasteiger partial charge in [0.15, 0.2) is 5.82 Å². The van der Waals surface area contributed by atoms with Crippen molar-refractivity contribution in [2.45, 2.75) is 57.9 Å². The van der Waals surface area contributed by atoms with Crippen molar-refractivity contribution >= 4 is 17.4 Å². The second-order valence-electron chi connectivity index (χ2n) is 9.41. The van der Waals surface area contributed by atoms with E-state index in [2.05, 4.69) is 26.2 Å². The summed E-state index contributed by atoms with van der Waals surface area (Å²) in [5.41, 5.74) is 2.75. The zero-order chi connectivity index (χ0) is 25.6. The highest BCUT2D eigenvalue weighted by atomic mass is 35.5. The molecular formula is C25H25ClF3N7. The predicted molar refractivity (Wildman–Crippen MR) is 129 cm³/mol. The number of hydrogen-bond acceptors (Lipinski definition) is 6. The molecule has 0 saturated carbocycles. The number of rotatable bonds is 3. The average molecular weight is 516 g/mol. The Bertz CT molecular complexity index is 1320. The quantitative estimate of drug-likeness (QED) is 0.480. The van der Waals surface area contributed by atoms with Gasteiger partial charge in [-0.05, 0) is 62.1 Å². The summed E-state index contributed by atoms with van der Waals surface area (Å²) < 4.78 is 42.7. The fourth-order valence-corrected chi connectivity index (χ4v) is 5.16. The topological polar surface area (TPSA) is 73.9 Å². The first kappa shape index (κ1) is 24.5. The van der Waals surface area contributed by atoms with Crippen LogP contribution in [0, 0.1) is 18.3 Å². The Hall–Kier alpha value is -3.16. The van der Waals surface area contributed by atoms with E-state index in [9.17, 15) is 18.4 Å². The van der Waals surface area contributed by atoms with Crippen LogP contribution in [0.2, 0.25) is 5.02 Å². The van der Waals surface area contributed by atoms with Gasteiger partial charge in [0.25, 0.3) is 0 Å². The minimum atomic E-state index is -4.36. The maximum absolute atomic E-state index is 13.6. The molecule has 0 aliphatic carbocycles. The Morgan fingerprint density at radius 2 is 1.86 bits per heavy atom. The highest BCUT2D eigenvalue weighted by Crippen LogP contribution is 2.36. The summed E-state index contributed by atoms with van der Waals surface area (Å²) in [5.74, 6) is 2.10. The van der Waals surface area contributed by atoms with E-state index in [1.54, 1.807) is 12.1 Å². The van der Waals surface area contributed by atoms with Crippen LogP contribution in [-0.2, 0) is 13.1 Å².